The highest BCUT2D eigenvalue weighted by Gasteiger charge is 2.30. The van der Waals surface area contributed by atoms with Gasteiger partial charge in [-0.1, -0.05) is 73.3 Å². The number of pyridine rings is 1. The van der Waals surface area contributed by atoms with E-state index in [2.05, 4.69) is 127 Å². The molecule has 0 atom stereocenters. The molecule has 0 aliphatic carbocycles. The number of hydrogen-bond donors (Lipinski definition) is 0. The first-order valence-corrected chi connectivity index (χ1v) is 14.7. The average molecular weight is 516 g/mol. The molecular formula is C35H35N2S+. The number of rotatable bonds is 6. The second-order valence-electron chi connectivity index (χ2n) is 10.2. The molecule has 0 spiro atoms. The summed E-state index contributed by atoms with van der Waals surface area (Å²) in [5, 5.41) is 2.64. The van der Waals surface area contributed by atoms with Gasteiger partial charge in [0.2, 0.25) is 5.52 Å². The monoisotopic (exact) mass is 515 g/mol. The van der Waals surface area contributed by atoms with Crippen molar-refractivity contribution in [2.45, 2.75) is 51.5 Å². The number of fused-ring (bicyclic) bond motifs is 1. The van der Waals surface area contributed by atoms with E-state index in [-0.39, 0.29) is 0 Å². The lowest BCUT2D eigenvalue weighted by Crippen LogP contribution is -2.32. The van der Waals surface area contributed by atoms with E-state index in [0.717, 1.165) is 19.5 Å². The Morgan fingerprint density at radius 3 is 2.68 bits per heavy atom. The minimum Gasteiger partial charge on any atom is -0.335 e. The number of nitrogens with zero attached hydrogens (tertiary/aromatic N) is 2. The fraction of sp³-hybridized carbons (Fsp3) is 0.229. The lowest BCUT2D eigenvalue weighted by molar-refractivity contribution is -0.667. The minimum absolute atomic E-state index is 0.955. The molecule has 3 heteroatoms. The predicted molar refractivity (Wildman–Crippen MR) is 163 cm³/mol. The first-order chi connectivity index (χ1) is 18.6. The smallest absolute Gasteiger partial charge is 0.213 e. The van der Waals surface area contributed by atoms with Gasteiger partial charge < -0.3 is 4.90 Å². The van der Waals surface area contributed by atoms with Crippen LogP contribution in [0, 0.1) is 6.92 Å². The van der Waals surface area contributed by atoms with Gasteiger partial charge in [-0.3, -0.25) is 0 Å². The summed E-state index contributed by atoms with van der Waals surface area (Å²) in [4.78, 5) is 3.95. The van der Waals surface area contributed by atoms with E-state index in [1.807, 2.05) is 11.8 Å². The molecule has 3 aromatic carbocycles. The lowest BCUT2D eigenvalue weighted by Gasteiger charge is -2.27. The molecule has 2 aliphatic heterocycles. The zero-order chi connectivity index (χ0) is 26.1. The van der Waals surface area contributed by atoms with Gasteiger partial charge in [0.25, 0.3) is 0 Å². The van der Waals surface area contributed by atoms with Crippen molar-refractivity contribution in [1.82, 2.24) is 0 Å². The molecule has 0 saturated carbocycles. The molecule has 0 saturated heterocycles. The Balaban J connectivity index is 1.33. The maximum absolute atomic E-state index is 2.53. The molecule has 4 aromatic rings. The van der Waals surface area contributed by atoms with Crippen LogP contribution in [0.2, 0.25) is 0 Å². The molecule has 190 valence electrons. The summed E-state index contributed by atoms with van der Waals surface area (Å²) in [5.74, 6) is 0. The van der Waals surface area contributed by atoms with Crippen molar-refractivity contribution >= 4 is 34.4 Å². The molecule has 0 bridgehead atoms. The summed E-state index contributed by atoms with van der Waals surface area (Å²) in [6.45, 7) is 8.74. The minimum atomic E-state index is 0.955. The van der Waals surface area contributed by atoms with Crippen molar-refractivity contribution in [2.24, 2.45) is 0 Å². The number of thioether (sulfide) groups is 1. The summed E-state index contributed by atoms with van der Waals surface area (Å²) in [6.07, 6.45) is 14.9. The van der Waals surface area contributed by atoms with Crippen LogP contribution in [0.3, 0.4) is 0 Å². The number of aromatic nitrogens is 1. The molecule has 38 heavy (non-hydrogen) atoms. The zero-order valence-corrected chi connectivity index (χ0v) is 23.4. The van der Waals surface area contributed by atoms with E-state index in [9.17, 15) is 0 Å². The highest BCUT2D eigenvalue weighted by Crippen LogP contribution is 2.50. The number of benzene rings is 3. The molecule has 0 N–H and O–H groups in total. The fourth-order valence-corrected chi connectivity index (χ4v) is 6.94. The highest BCUT2D eigenvalue weighted by molar-refractivity contribution is 8.03. The molecule has 6 rings (SSSR count). The Morgan fingerprint density at radius 1 is 1.00 bits per heavy atom. The first-order valence-electron chi connectivity index (χ1n) is 13.8. The first kappa shape index (κ1) is 24.8. The summed E-state index contributed by atoms with van der Waals surface area (Å²) >= 11 is 1.93. The van der Waals surface area contributed by atoms with Gasteiger partial charge in [-0.15, -0.1) is 0 Å². The average Bonchev–Trinajstić information content (AvgIpc) is 3.31. The lowest BCUT2D eigenvalue weighted by atomic mass is 9.99. The summed E-state index contributed by atoms with van der Waals surface area (Å²) in [6, 6.07) is 24.5. The van der Waals surface area contributed by atoms with E-state index in [1.54, 1.807) is 0 Å². The van der Waals surface area contributed by atoms with Gasteiger partial charge in [0.1, 0.15) is 6.54 Å². The van der Waals surface area contributed by atoms with Crippen LogP contribution in [0.15, 0.2) is 107 Å². The van der Waals surface area contributed by atoms with Gasteiger partial charge in [0.05, 0.1) is 16.1 Å². The van der Waals surface area contributed by atoms with Crippen LogP contribution in [0.4, 0.5) is 5.69 Å². The van der Waals surface area contributed by atoms with E-state index in [1.165, 1.54) is 72.7 Å². The van der Waals surface area contributed by atoms with Gasteiger partial charge in [-0.2, -0.15) is 4.57 Å². The number of aryl methyl sites for hydroxylation is 3. The zero-order valence-electron chi connectivity index (χ0n) is 22.6. The van der Waals surface area contributed by atoms with Crippen molar-refractivity contribution < 1.29 is 4.57 Å². The second kappa shape index (κ2) is 10.7. The Kier molecular flexibility index (Phi) is 6.95. The van der Waals surface area contributed by atoms with Crippen LogP contribution in [0.1, 0.15) is 43.4 Å². The van der Waals surface area contributed by atoms with Crippen LogP contribution in [-0.4, -0.2) is 6.54 Å². The third-order valence-corrected chi connectivity index (χ3v) is 8.80. The topological polar surface area (TPSA) is 7.12 Å². The Bertz CT molecular complexity index is 1590. The maximum atomic E-state index is 2.53. The van der Waals surface area contributed by atoms with Crippen LogP contribution in [-0.2, 0) is 13.0 Å². The second-order valence-corrected chi connectivity index (χ2v) is 11.3. The van der Waals surface area contributed by atoms with Crippen molar-refractivity contribution in [3.05, 3.63) is 118 Å². The molecule has 0 amide bonds. The maximum Gasteiger partial charge on any atom is 0.213 e. The third kappa shape index (κ3) is 4.72. The Labute approximate surface area is 231 Å². The van der Waals surface area contributed by atoms with Crippen molar-refractivity contribution in [1.29, 1.82) is 0 Å². The van der Waals surface area contributed by atoms with Crippen molar-refractivity contribution in [3.63, 3.8) is 0 Å². The van der Waals surface area contributed by atoms with Crippen LogP contribution in [0.5, 0.6) is 0 Å². The van der Waals surface area contributed by atoms with Crippen LogP contribution in [0.25, 0.3) is 28.1 Å². The molecule has 0 radical (unpaired) electrons. The summed E-state index contributed by atoms with van der Waals surface area (Å²) in [7, 11) is 0. The van der Waals surface area contributed by atoms with E-state index in [4.69, 9.17) is 0 Å². The molecular weight excluding hydrogens is 480 g/mol. The molecule has 2 nitrogen and oxygen atoms in total. The molecule has 1 aromatic heterocycles. The Hall–Kier alpha value is -3.56. The predicted octanol–water partition coefficient (Wildman–Crippen LogP) is 8.87. The van der Waals surface area contributed by atoms with Gasteiger partial charge in [0, 0.05) is 23.6 Å². The van der Waals surface area contributed by atoms with E-state index >= 15 is 0 Å². The standard InChI is InChI=1S/C35H35N2S/c1-4-26(14-18-34-37-20-9-12-30-22-25(3)23-33(38-34)35(30)37)13-15-28-19-21-36(5-2)32-17-16-29(24-31(28)32)27-10-7-6-8-11-27/h6-8,10-11,13-19,21-24H,4-5,9,12,20H2,1-3H3/q+1. The van der Waals surface area contributed by atoms with Crippen molar-refractivity contribution in [2.75, 3.05) is 11.4 Å². The third-order valence-electron chi connectivity index (χ3n) is 7.70. The van der Waals surface area contributed by atoms with Crippen LogP contribution < -0.4 is 9.47 Å². The van der Waals surface area contributed by atoms with Crippen LogP contribution >= 0.6 is 11.8 Å². The normalized spacial score (nSPS) is 16.1. The molecule has 3 heterocycles. The highest BCUT2D eigenvalue weighted by atomic mass is 32.2. The van der Waals surface area contributed by atoms with Gasteiger partial charge in [-0.25, -0.2) is 0 Å². The van der Waals surface area contributed by atoms with E-state index in [0.29, 0.717) is 0 Å². The molecule has 2 aliphatic rings. The largest absolute Gasteiger partial charge is 0.335 e. The van der Waals surface area contributed by atoms with E-state index < -0.39 is 0 Å². The molecule has 0 unspecified atom stereocenters. The Morgan fingerprint density at radius 2 is 1.87 bits per heavy atom. The van der Waals surface area contributed by atoms with Crippen molar-refractivity contribution in [3.8, 4) is 11.1 Å². The molecule has 0 fully saturated rings. The summed E-state index contributed by atoms with van der Waals surface area (Å²) in [5.41, 5.74) is 10.7. The number of hydrogen-bond acceptors (Lipinski definition) is 2. The fourth-order valence-electron chi connectivity index (χ4n) is 5.70. The summed E-state index contributed by atoms with van der Waals surface area (Å²) < 4.78 is 2.33. The van der Waals surface area contributed by atoms with Gasteiger partial charge in [-0.05, 0) is 90.8 Å². The number of anilines is 1. The SMILES string of the molecule is CCC(/C=C/c1cc[n+](CC)c2ccc(-c3ccccc3)cc12)=C\C=C1/Sc2cc(C)cc3c2N1CCC3. The van der Waals surface area contributed by atoms with Gasteiger partial charge in [0.15, 0.2) is 6.20 Å². The van der Waals surface area contributed by atoms with Gasteiger partial charge >= 0.3 is 0 Å². The number of allylic oxidation sites excluding steroid dienone is 4. The quantitative estimate of drug-likeness (QED) is 0.187.